The number of nitrogens with one attached hydrogen (secondary N) is 2. The number of carbonyl (C=O) groups excluding carboxylic acids is 1. The van der Waals surface area contributed by atoms with Gasteiger partial charge in [0, 0.05) is 11.4 Å². The highest BCUT2D eigenvalue weighted by atomic mass is 32.1. The van der Waals surface area contributed by atoms with Gasteiger partial charge in [-0.15, -0.1) is 11.3 Å². The van der Waals surface area contributed by atoms with E-state index in [1.807, 2.05) is 35.8 Å². The van der Waals surface area contributed by atoms with Crippen molar-refractivity contribution in [2.24, 2.45) is 0 Å². The summed E-state index contributed by atoms with van der Waals surface area (Å²) in [7, 11) is 1.61. The maximum atomic E-state index is 12.3. The Balaban J connectivity index is 2.13. The van der Waals surface area contributed by atoms with Crippen LogP contribution < -0.4 is 15.5 Å². The number of thiophene rings is 1. The molecule has 2 atom stereocenters. The Hall–Kier alpha value is -1.93. The van der Waals surface area contributed by atoms with E-state index in [2.05, 4.69) is 5.32 Å². The van der Waals surface area contributed by atoms with Gasteiger partial charge in [-0.05, 0) is 36.8 Å². The van der Waals surface area contributed by atoms with Crippen LogP contribution in [0, 0.1) is 0 Å². The van der Waals surface area contributed by atoms with Gasteiger partial charge in [0.2, 0.25) is 0 Å². The summed E-state index contributed by atoms with van der Waals surface area (Å²) in [5, 5.41) is 21.0. The topological polar surface area (TPSA) is 90.8 Å². The molecule has 0 unspecified atom stereocenters. The van der Waals surface area contributed by atoms with Crippen LogP contribution in [0.1, 0.15) is 16.6 Å². The SMILES string of the molecule is COc1cccc(-c2ccc(C(=O)N[C@H](CNO)[C@@H](C)O)s2)c1. The molecule has 0 aliphatic carbocycles. The molecule has 1 amide bonds. The van der Waals surface area contributed by atoms with Crippen LogP contribution in [0.5, 0.6) is 5.75 Å². The van der Waals surface area contributed by atoms with Crippen molar-refractivity contribution in [1.29, 1.82) is 0 Å². The first-order valence-electron chi connectivity index (χ1n) is 7.15. The van der Waals surface area contributed by atoms with Crippen molar-refractivity contribution >= 4 is 17.2 Å². The van der Waals surface area contributed by atoms with Crippen LogP contribution >= 0.6 is 11.3 Å². The normalized spacial score (nSPS) is 13.4. The second kappa shape index (κ2) is 8.07. The molecule has 0 spiro atoms. The Bertz CT molecular complexity index is 657. The van der Waals surface area contributed by atoms with Crippen LogP contribution in [-0.4, -0.2) is 42.0 Å². The van der Waals surface area contributed by atoms with E-state index in [4.69, 9.17) is 9.94 Å². The number of aliphatic hydroxyl groups excluding tert-OH is 1. The summed E-state index contributed by atoms with van der Waals surface area (Å²) in [6, 6.07) is 10.6. The number of hydrogen-bond acceptors (Lipinski definition) is 6. The van der Waals surface area contributed by atoms with Gasteiger partial charge in [0.25, 0.3) is 5.91 Å². The van der Waals surface area contributed by atoms with Crippen molar-refractivity contribution in [3.8, 4) is 16.2 Å². The molecule has 1 heterocycles. The Morgan fingerprint density at radius 1 is 1.35 bits per heavy atom. The molecule has 2 rings (SSSR count). The number of aliphatic hydroxyl groups is 1. The maximum absolute atomic E-state index is 12.3. The number of benzene rings is 1. The molecule has 7 heteroatoms. The average molecular weight is 336 g/mol. The zero-order valence-corrected chi connectivity index (χ0v) is 13.8. The summed E-state index contributed by atoms with van der Waals surface area (Å²) in [4.78, 5) is 13.7. The zero-order chi connectivity index (χ0) is 16.8. The number of amides is 1. The molecule has 6 nitrogen and oxygen atoms in total. The van der Waals surface area contributed by atoms with Gasteiger partial charge in [-0.2, -0.15) is 0 Å². The molecule has 0 aliphatic heterocycles. The third-order valence-corrected chi connectivity index (χ3v) is 4.53. The summed E-state index contributed by atoms with van der Waals surface area (Å²) >= 11 is 1.35. The van der Waals surface area contributed by atoms with Gasteiger partial charge in [0.05, 0.1) is 24.1 Å². The number of ether oxygens (including phenoxy) is 1. The van der Waals surface area contributed by atoms with E-state index >= 15 is 0 Å². The fourth-order valence-corrected chi connectivity index (χ4v) is 2.98. The summed E-state index contributed by atoms with van der Waals surface area (Å²) in [5.74, 6) is 0.468. The average Bonchev–Trinajstić information content (AvgIpc) is 3.04. The highest BCUT2D eigenvalue weighted by molar-refractivity contribution is 7.17. The number of carbonyl (C=O) groups is 1. The Kier molecular flexibility index (Phi) is 6.12. The van der Waals surface area contributed by atoms with Gasteiger partial charge in [-0.3, -0.25) is 4.79 Å². The Morgan fingerprint density at radius 3 is 2.78 bits per heavy atom. The van der Waals surface area contributed by atoms with Crippen LogP contribution in [0.2, 0.25) is 0 Å². The summed E-state index contributed by atoms with van der Waals surface area (Å²) < 4.78 is 5.20. The predicted molar refractivity (Wildman–Crippen MR) is 89.0 cm³/mol. The van der Waals surface area contributed by atoms with Crippen LogP contribution in [0.25, 0.3) is 10.4 Å². The highest BCUT2D eigenvalue weighted by Crippen LogP contribution is 2.30. The summed E-state index contributed by atoms with van der Waals surface area (Å²) in [6.45, 7) is 1.62. The Morgan fingerprint density at radius 2 is 2.13 bits per heavy atom. The number of hydrogen-bond donors (Lipinski definition) is 4. The standard InChI is InChI=1S/C16H20N2O4S/c1-10(19)13(9-17-21)18-16(20)15-7-6-14(23-15)11-4-3-5-12(8-11)22-2/h3-8,10,13,17,19,21H,9H2,1-2H3,(H,18,20)/t10-,13-/m1/s1. The molecular formula is C16H20N2O4S. The first-order chi connectivity index (χ1) is 11.0. The first kappa shape index (κ1) is 17.4. The molecule has 1 aromatic carbocycles. The molecule has 23 heavy (non-hydrogen) atoms. The van der Waals surface area contributed by atoms with Crippen LogP contribution in [-0.2, 0) is 0 Å². The van der Waals surface area contributed by atoms with Gasteiger partial charge in [-0.1, -0.05) is 12.1 Å². The van der Waals surface area contributed by atoms with E-state index in [-0.39, 0.29) is 12.5 Å². The lowest BCUT2D eigenvalue weighted by molar-refractivity contribution is 0.0770. The van der Waals surface area contributed by atoms with Gasteiger partial charge in [0.15, 0.2) is 0 Å². The minimum absolute atomic E-state index is 0.0670. The Labute approximate surface area is 138 Å². The van der Waals surface area contributed by atoms with E-state index in [0.717, 1.165) is 16.2 Å². The smallest absolute Gasteiger partial charge is 0.261 e. The van der Waals surface area contributed by atoms with Crippen molar-refractivity contribution in [1.82, 2.24) is 10.8 Å². The largest absolute Gasteiger partial charge is 0.497 e. The molecular weight excluding hydrogens is 316 g/mol. The third kappa shape index (κ3) is 4.52. The minimum Gasteiger partial charge on any atom is -0.497 e. The molecule has 124 valence electrons. The number of methoxy groups -OCH3 is 1. The molecule has 4 N–H and O–H groups in total. The molecule has 0 saturated heterocycles. The van der Waals surface area contributed by atoms with E-state index in [1.54, 1.807) is 20.1 Å². The molecule has 2 aromatic rings. The lowest BCUT2D eigenvalue weighted by atomic mass is 10.1. The molecule has 0 bridgehead atoms. The summed E-state index contributed by atoms with van der Waals surface area (Å²) in [5.41, 5.74) is 2.93. The fourth-order valence-electron chi connectivity index (χ4n) is 2.07. The van der Waals surface area contributed by atoms with Gasteiger partial charge in [-0.25, -0.2) is 5.48 Å². The second-order valence-corrected chi connectivity index (χ2v) is 6.16. The lowest BCUT2D eigenvalue weighted by Gasteiger charge is -2.20. The lowest BCUT2D eigenvalue weighted by Crippen LogP contribution is -2.47. The van der Waals surface area contributed by atoms with Crippen molar-refractivity contribution in [3.63, 3.8) is 0 Å². The second-order valence-electron chi connectivity index (χ2n) is 5.08. The highest BCUT2D eigenvalue weighted by Gasteiger charge is 2.19. The molecule has 0 saturated carbocycles. The van der Waals surface area contributed by atoms with E-state index in [0.29, 0.717) is 4.88 Å². The van der Waals surface area contributed by atoms with Gasteiger partial charge < -0.3 is 20.4 Å². The van der Waals surface area contributed by atoms with E-state index in [9.17, 15) is 9.90 Å². The zero-order valence-electron chi connectivity index (χ0n) is 12.9. The van der Waals surface area contributed by atoms with Crippen molar-refractivity contribution in [2.45, 2.75) is 19.1 Å². The van der Waals surface area contributed by atoms with Gasteiger partial charge >= 0.3 is 0 Å². The first-order valence-corrected chi connectivity index (χ1v) is 7.97. The number of rotatable bonds is 7. The van der Waals surface area contributed by atoms with E-state index in [1.165, 1.54) is 11.3 Å². The fraction of sp³-hybridized carbons (Fsp3) is 0.312. The summed E-state index contributed by atoms with van der Waals surface area (Å²) in [6.07, 6.45) is -0.781. The van der Waals surface area contributed by atoms with Crippen LogP contribution in [0.15, 0.2) is 36.4 Å². The third-order valence-electron chi connectivity index (χ3n) is 3.39. The maximum Gasteiger partial charge on any atom is 0.261 e. The van der Waals surface area contributed by atoms with Crippen LogP contribution in [0.4, 0.5) is 0 Å². The molecule has 0 fully saturated rings. The van der Waals surface area contributed by atoms with Crippen molar-refractivity contribution < 1.29 is 19.8 Å². The van der Waals surface area contributed by atoms with Crippen molar-refractivity contribution in [2.75, 3.05) is 13.7 Å². The quantitative estimate of drug-likeness (QED) is 0.580. The number of hydroxylamine groups is 1. The van der Waals surface area contributed by atoms with Gasteiger partial charge in [0.1, 0.15) is 5.75 Å². The minimum atomic E-state index is -0.781. The van der Waals surface area contributed by atoms with Crippen molar-refractivity contribution in [3.05, 3.63) is 41.3 Å². The molecule has 0 aliphatic rings. The predicted octanol–water partition coefficient (Wildman–Crippen LogP) is 1.88. The van der Waals surface area contributed by atoms with Crippen LogP contribution in [0.3, 0.4) is 0 Å². The molecule has 0 radical (unpaired) electrons. The monoisotopic (exact) mass is 336 g/mol. The molecule has 1 aromatic heterocycles. The van der Waals surface area contributed by atoms with E-state index < -0.39 is 12.1 Å².